The zero-order valence-electron chi connectivity index (χ0n) is 24.5. The number of carbonyl (C=O) groups is 3. The molecule has 3 heterocycles. The SMILES string of the molecule is O=C(O)C(O)C(O)C(=O)O.O=C1C2=C(CCCC2)CN1[C@@H]1CC[C@@]2(O)[C@H]3Cc4ccc(O)c5c4[C@@]2(CCN3CC2CC2)[C@H]1O5. The molecule has 8 rings (SSSR count). The maximum Gasteiger partial charge on any atom is 0.335 e. The van der Waals surface area contributed by atoms with Gasteiger partial charge in [-0.05, 0) is 93.9 Å². The van der Waals surface area contributed by atoms with Crippen LogP contribution < -0.4 is 4.74 Å². The van der Waals surface area contributed by atoms with Gasteiger partial charge in [0.05, 0.1) is 17.1 Å². The number of amides is 1. The summed E-state index contributed by atoms with van der Waals surface area (Å²) in [5, 5.41) is 56.0. The molecule has 1 spiro atoms. The highest BCUT2D eigenvalue weighted by Crippen LogP contribution is 2.66. The first kappa shape index (κ1) is 29.5. The van der Waals surface area contributed by atoms with Crippen molar-refractivity contribution in [3.63, 3.8) is 0 Å². The molecule has 0 radical (unpaired) electrons. The van der Waals surface area contributed by atoms with Crippen molar-refractivity contribution < 1.29 is 49.8 Å². The first-order chi connectivity index (χ1) is 21.0. The van der Waals surface area contributed by atoms with Crippen molar-refractivity contribution in [1.82, 2.24) is 9.80 Å². The quantitative estimate of drug-likeness (QED) is 0.268. The van der Waals surface area contributed by atoms with Gasteiger partial charge in [0.15, 0.2) is 23.7 Å². The fourth-order valence-electron chi connectivity index (χ4n) is 9.16. The molecule has 3 fully saturated rings. The number of carbonyl (C=O) groups excluding carboxylic acids is 1. The molecule has 1 saturated heterocycles. The Bertz CT molecular complexity index is 1420. The number of aromatic hydroxyl groups is 1. The van der Waals surface area contributed by atoms with Crippen LogP contribution in [-0.2, 0) is 26.2 Å². The molecule has 1 aromatic carbocycles. The molecule has 1 aromatic rings. The van der Waals surface area contributed by atoms with Gasteiger partial charge in [0, 0.05) is 30.3 Å². The largest absolute Gasteiger partial charge is 0.504 e. The minimum absolute atomic E-state index is 0.0632. The van der Waals surface area contributed by atoms with Gasteiger partial charge in [-0.3, -0.25) is 9.69 Å². The fraction of sp³-hybridized carbons (Fsp3) is 0.656. The van der Waals surface area contributed by atoms with E-state index in [0.29, 0.717) is 12.2 Å². The summed E-state index contributed by atoms with van der Waals surface area (Å²) in [5.41, 5.74) is 3.21. The van der Waals surface area contributed by atoms with E-state index in [9.17, 15) is 24.6 Å². The number of phenolic OH excluding ortho intramolecular Hbond substituents is 1. The first-order valence-electron chi connectivity index (χ1n) is 15.8. The molecule has 44 heavy (non-hydrogen) atoms. The number of carboxylic acid groups (broad SMARTS) is 2. The monoisotopic (exact) mass is 612 g/mol. The van der Waals surface area contributed by atoms with E-state index in [1.807, 2.05) is 0 Å². The van der Waals surface area contributed by atoms with E-state index in [0.717, 1.165) is 75.2 Å². The van der Waals surface area contributed by atoms with Crippen LogP contribution in [-0.4, -0.2) is 114 Å². The Balaban J connectivity index is 0.000000273. The first-order valence-corrected chi connectivity index (χ1v) is 15.8. The molecule has 12 nitrogen and oxygen atoms in total. The summed E-state index contributed by atoms with van der Waals surface area (Å²) < 4.78 is 6.69. The maximum atomic E-state index is 13.6. The molecule has 4 aliphatic carbocycles. The van der Waals surface area contributed by atoms with Crippen LogP contribution in [0.15, 0.2) is 23.3 Å². The number of likely N-dealkylation sites (tertiary alicyclic amines) is 1. The topological polar surface area (TPSA) is 188 Å². The Morgan fingerprint density at radius 1 is 1.02 bits per heavy atom. The van der Waals surface area contributed by atoms with E-state index < -0.39 is 35.2 Å². The highest BCUT2D eigenvalue weighted by atomic mass is 16.5. The molecule has 2 bridgehead atoms. The number of aliphatic hydroxyl groups is 3. The number of rotatable bonds is 6. The molecular weight excluding hydrogens is 572 g/mol. The highest BCUT2D eigenvalue weighted by molar-refractivity contribution is 5.97. The van der Waals surface area contributed by atoms with Crippen molar-refractivity contribution in [2.45, 2.75) is 106 Å². The van der Waals surface area contributed by atoms with Crippen LogP contribution in [0.1, 0.15) is 68.9 Å². The van der Waals surface area contributed by atoms with Crippen molar-refractivity contribution in [2.75, 3.05) is 19.6 Å². The summed E-state index contributed by atoms with van der Waals surface area (Å²) >= 11 is 0. The van der Waals surface area contributed by atoms with Gasteiger partial charge < -0.3 is 40.3 Å². The Morgan fingerprint density at radius 3 is 2.39 bits per heavy atom. The van der Waals surface area contributed by atoms with Crippen molar-refractivity contribution in [1.29, 1.82) is 0 Å². The van der Waals surface area contributed by atoms with Gasteiger partial charge in [-0.2, -0.15) is 0 Å². The lowest BCUT2D eigenvalue weighted by Crippen LogP contribution is -2.78. The third kappa shape index (κ3) is 4.21. The van der Waals surface area contributed by atoms with Crippen LogP contribution in [0.5, 0.6) is 11.5 Å². The number of phenols is 1. The third-order valence-corrected chi connectivity index (χ3v) is 11.4. The van der Waals surface area contributed by atoms with Gasteiger partial charge in [0.2, 0.25) is 5.91 Å². The van der Waals surface area contributed by atoms with Gasteiger partial charge in [0.25, 0.3) is 0 Å². The van der Waals surface area contributed by atoms with E-state index in [2.05, 4.69) is 15.9 Å². The lowest BCUT2D eigenvalue weighted by atomic mass is 9.48. The summed E-state index contributed by atoms with van der Waals surface area (Å²) in [7, 11) is 0. The summed E-state index contributed by atoms with van der Waals surface area (Å²) in [6, 6.07) is 3.84. The molecule has 0 aromatic heterocycles. The van der Waals surface area contributed by atoms with Crippen LogP contribution in [0.2, 0.25) is 0 Å². The van der Waals surface area contributed by atoms with Gasteiger partial charge in [-0.25, -0.2) is 9.59 Å². The van der Waals surface area contributed by atoms with Gasteiger partial charge in [-0.1, -0.05) is 6.07 Å². The van der Waals surface area contributed by atoms with Crippen molar-refractivity contribution in [3.05, 3.63) is 34.4 Å². The molecular formula is C32H40N2O10. The second-order valence-corrected chi connectivity index (χ2v) is 13.7. The smallest absolute Gasteiger partial charge is 0.335 e. The Morgan fingerprint density at radius 2 is 1.73 bits per heavy atom. The summed E-state index contributed by atoms with van der Waals surface area (Å²) in [4.78, 5) is 37.7. The highest BCUT2D eigenvalue weighted by Gasteiger charge is 2.73. The van der Waals surface area contributed by atoms with Crippen LogP contribution in [0.4, 0.5) is 0 Å². The van der Waals surface area contributed by atoms with Crippen LogP contribution in [0.3, 0.4) is 0 Å². The van der Waals surface area contributed by atoms with Crippen LogP contribution in [0.25, 0.3) is 0 Å². The predicted octanol–water partition coefficient (Wildman–Crippen LogP) is 0.915. The number of benzene rings is 1. The van der Waals surface area contributed by atoms with Gasteiger partial charge in [-0.15, -0.1) is 0 Å². The van der Waals surface area contributed by atoms with E-state index in [1.54, 1.807) is 6.07 Å². The number of carboxylic acids is 2. The number of nitrogens with zero attached hydrogens (tertiary/aromatic N) is 2. The van der Waals surface area contributed by atoms with Crippen LogP contribution in [0, 0.1) is 5.92 Å². The number of piperidine rings is 1. The number of hydrogen-bond acceptors (Lipinski definition) is 9. The third-order valence-electron chi connectivity index (χ3n) is 11.4. The second-order valence-electron chi connectivity index (χ2n) is 13.7. The Hall–Kier alpha value is -3.19. The molecule has 1 amide bonds. The molecule has 7 aliphatic rings. The Kier molecular flexibility index (Phi) is 7.00. The standard InChI is InChI=1S/C28H34N2O4.C4H6O6/c31-21-8-7-17-13-22-28(33)10-9-20(30-15-18-3-1-2-4-19(18)26(30)32)25-27(28,23(17)24(21)34-25)11-12-29(22)14-16-5-6-16;5-1(3(7)8)2(6)4(9)10/h7-8,16,20,22,25,31,33H,1-6,9-15H2;1-2,5-6H,(H,7,8)(H,9,10)/t20-,22-,25+,27+,28-;/m1./s1. The number of aliphatic hydroxyl groups excluding tert-OH is 2. The molecule has 238 valence electrons. The maximum absolute atomic E-state index is 13.6. The van der Waals surface area contributed by atoms with Gasteiger partial charge in [0.1, 0.15) is 6.10 Å². The van der Waals surface area contributed by atoms with Crippen molar-refractivity contribution in [2.24, 2.45) is 5.92 Å². The number of aliphatic carboxylic acids is 2. The predicted molar refractivity (Wildman–Crippen MR) is 153 cm³/mol. The molecule has 2 unspecified atom stereocenters. The summed E-state index contributed by atoms with van der Waals surface area (Å²) in [6.07, 6.45) is 5.09. The van der Waals surface area contributed by atoms with E-state index >= 15 is 0 Å². The summed E-state index contributed by atoms with van der Waals surface area (Å²) in [6.45, 7) is 2.76. The van der Waals surface area contributed by atoms with Crippen molar-refractivity contribution >= 4 is 17.8 Å². The lowest BCUT2D eigenvalue weighted by Gasteiger charge is -2.64. The zero-order chi connectivity index (χ0) is 31.1. The fourth-order valence-corrected chi connectivity index (χ4v) is 9.16. The molecule has 6 N–H and O–H groups in total. The molecule has 7 atom stereocenters. The summed E-state index contributed by atoms with van der Waals surface area (Å²) in [5.74, 6) is -1.81. The van der Waals surface area contributed by atoms with E-state index in [1.165, 1.54) is 30.4 Å². The average molecular weight is 613 g/mol. The van der Waals surface area contributed by atoms with Crippen molar-refractivity contribution in [3.8, 4) is 11.5 Å². The van der Waals surface area contributed by atoms with Crippen LogP contribution >= 0.6 is 0 Å². The normalized spacial score (nSPS) is 34.8. The van der Waals surface area contributed by atoms with E-state index in [4.69, 9.17) is 25.2 Å². The number of ether oxygens (including phenoxy) is 1. The second kappa shape index (κ2) is 10.4. The minimum Gasteiger partial charge on any atom is -0.504 e. The average Bonchev–Trinajstić information content (AvgIpc) is 3.66. The molecule has 12 heteroatoms. The Labute approximate surface area is 254 Å². The lowest BCUT2D eigenvalue weighted by molar-refractivity contribution is -0.200. The van der Waals surface area contributed by atoms with Gasteiger partial charge >= 0.3 is 11.9 Å². The molecule has 2 saturated carbocycles. The van der Waals surface area contributed by atoms with E-state index in [-0.39, 0.29) is 29.8 Å². The zero-order valence-corrected chi connectivity index (χ0v) is 24.5. The number of hydrogen-bond donors (Lipinski definition) is 6. The molecule has 3 aliphatic heterocycles. The minimum atomic E-state index is -2.27.